The third-order valence-corrected chi connectivity index (χ3v) is 4.78. The van der Waals surface area contributed by atoms with E-state index in [-0.39, 0.29) is 0 Å². The predicted octanol–water partition coefficient (Wildman–Crippen LogP) is 3.78. The molecule has 102 valence electrons. The molecular weight excluding hydrogens is 232 g/mol. The molecule has 1 aromatic carbocycles. The summed E-state index contributed by atoms with van der Waals surface area (Å²) in [6.07, 6.45) is 3.96. The number of nitrogens with zero attached hydrogens (tertiary/aromatic N) is 1. The van der Waals surface area contributed by atoms with Crippen molar-refractivity contribution in [2.45, 2.75) is 52.6 Å². The van der Waals surface area contributed by atoms with E-state index in [1.807, 2.05) is 12.1 Å². The van der Waals surface area contributed by atoms with Crippen molar-refractivity contribution >= 4 is 0 Å². The molecule has 0 radical (unpaired) electrons. The highest BCUT2D eigenvalue weighted by atomic mass is 14.9. The van der Waals surface area contributed by atoms with Crippen molar-refractivity contribution in [1.82, 2.24) is 5.32 Å². The Labute approximate surface area is 116 Å². The van der Waals surface area contributed by atoms with Crippen molar-refractivity contribution in [3.05, 3.63) is 34.9 Å². The van der Waals surface area contributed by atoms with Crippen molar-refractivity contribution in [3.63, 3.8) is 0 Å². The van der Waals surface area contributed by atoms with Crippen LogP contribution >= 0.6 is 0 Å². The van der Waals surface area contributed by atoms with Crippen LogP contribution in [0.2, 0.25) is 0 Å². The molecule has 2 rings (SSSR count). The van der Waals surface area contributed by atoms with E-state index in [0.29, 0.717) is 6.04 Å². The van der Waals surface area contributed by atoms with Gasteiger partial charge in [-0.3, -0.25) is 0 Å². The second kappa shape index (κ2) is 6.21. The van der Waals surface area contributed by atoms with Crippen molar-refractivity contribution in [2.75, 3.05) is 0 Å². The molecule has 1 aromatic rings. The number of rotatable bonds is 4. The highest BCUT2D eigenvalue weighted by Crippen LogP contribution is 2.34. The van der Waals surface area contributed by atoms with Gasteiger partial charge in [0.1, 0.15) is 0 Å². The van der Waals surface area contributed by atoms with Gasteiger partial charge < -0.3 is 5.32 Å². The molecular formula is C17H24N2. The first-order valence-electron chi connectivity index (χ1n) is 7.38. The van der Waals surface area contributed by atoms with Gasteiger partial charge in [0.15, 0.2) is 0 Å². The fourth-order valence-electron chi connectivity index (χ4n) is 3.32. The van der Waals surface area contributed by atoms with E-state index in [4.69, 9.17) is 5.26 Å². The molecule has 2 heteroatoms. The Morgan fingerprint density at radius 2 is 2.16 bits per heavy atom. The van der Waals surface area contributed by atoms with E-state index in [1.54, 1.807) is 0 Å². The topological polar surface area (TPSA) is 35.8 Å². The normalized spacial score (nSPS) is 26.3. The SMILES string of the molecule is CCC1CCC(NCc2ccc(C#N)cc2C)C1C. The van der Waals surface area contributed by atoms with Crippen molar-refractivity contribution in [2.24, 2.45) is 11.8 Å². The second-order valence-corrected chi connectivity index (χ2v) is 5.85. The second-order valence-electron chi connectivity index (χ2n) is 5.85. The average Bonchev–Trinajstić information content (AvgIpc) is 2.78. The van der Waals surface area contributed by atoms with Crippen LogP contribution in [0, 0.1) is 30.1 Å². The van der Waals surface area contributed by atoms with Crippen LogP contribution < -0.4 is 5.32 Å². The first-order valence-corrected chi connectivity index (χ1v) is 7.38. The molecule has 19 heavy (non-hydrogen) atoms. The summed E-state index contributed by atoms with van der Waals surface area (Å²) in [6, 6.07) is 8.82. The summed E-state index contributed by atoms with van der Waals surface area (Å²) in [4.78, 5) is 0. The number of hydrogen-bond donors (Lipinski definition) is 1. The fraction of sp³-hybridized carbons (Fsp3) is 0.588. The first-order chi connectivity index (χ1) is 9.15. The molecule has 2 nitrogen and oxygen atoms in total. The van der Waals surface area contributed by atoms with E-state index < -0.39 is 0 Å². The molecule has 0 aromatic heterocycles. The molecule has 1 aliphatic carbocycles. The Morgan fingerprint density at radius 3 is 2.74 bits per heavy atom. The first kappa shape index (κ1) is 14.1. The minimum Gasteiger partial charge on any atom is -0.310 e. The van der Waals surface area contributed by atoms with E-state index in [1.165, 1.54) is 30.4 Å². The molecule has 1 fully saturated rings. The van der Waals surface area contributed by atoms with E-state index in [9.17, 15) is 0 Å². The quantitative estimate of drug-likeness (QED) is 0.890. The van der Waals surface area contributed by atoms with Gasteiger partial charge >= 0.3 is 0 Å². The highest BCUT2D eigenvalue weighted by Gasteiger charge is 2.30. The lowest BCUT2D eigenvalue weighted by Gasteiger charge is -2.21. The average molecular weight is 256 g/mol. The van der Waals surface area contributed by atoms with Crippen LogP contribution in [0.25, 0.3) is 0 Å². The Hall–Kier alpha value is -1.33. The molecule has 1 aliphatic rings. The largest absolute Gasteiger partial charge is 0.310 e. The zero-order valence-corrected chi connectivity index (χ0v) is 12.2. The molecule has 0 heterocycles. The Morgan fingerprint density at radius 1 is 1.37 bits per heavy atom. The lowest BCUT2D eigenvalue weighted by molar-refractivity contribution is 0.344. The maximum atomic E-state index is 8.88. The fourth-order valence-corrected chi connectivity index (χ4v) is 3.32. The summed E-state index contributed by atoms with van der Waals surface area (Å²) < 4.78 is 0. The molecule has 1 saturated carbocycles. The minimum absolute atomic E-state index is 0.653. The number of nitriles is 1. The van der Waals surface area contributed by atoms with Crippen molar-refractivity contribution < 1.29 is 0 Å². The number of nitrogens with one attached hydrogen (secondary N) is 1. The Bertz CT molecular complexity index is 473. The third kappa shape index (κ3) is 3.16. The molecule has 1 N–H and O–H groups in total. The molecule has 0 aliphatic heterocycles. The van der Waals surface area contributed by atoms with Gasteiger partial charge in [-0.15, -0.1) is 0 Å². The van der Waals surface area contributed by atoms with Crippen LogP contribution in [0.1, 0.15) is 49.8 Å². The van der Waals surface area contributed by atoms with Gasteiger partial charge in [-0.2, -0.15) is 5.26 Å². The van der Waals surface area contributed by atoms with Gasteiger partial charge in [-0.25, -0.2) is 0 Å². The van der Waals surface area contributed by atoms with Crippen LogP contribution in [0.3, 0.4) is 0 Å². The van der Waals surface area contributed by atoms with Crippen LogP contribution in [-0.2, 0) is 6.54 Å². The van der Waals surface area contributed by atoms with Gasteiger partial charge in [-0.1, -0.05) is 26.3 Å². The third-order valence-electron chi connectivity index (χ3n) is 4.78. The number of aryl methyl sites for hydroxylation is 1. The molecule has 0 bridgehead atoms. The number of hydrogen-bond acceptors (Lipinski definition) is 2. The monoisotopic (exact) mass is 256 g/mol. The Kier molecular flexibility index (Phi) is 4.61. The lowest BCUT2D eigenvalue weighted by Crippen LogP contribution is -2.32. The molecule has 3 atom stereocenters. The van der Waals surface area contributed by atoms with Crippen molar-refractivity contribution in [3.8, 4) is 6.07 Å². The summed E-state index contributed by atoms with van der Waals surface area (Å²) in [5.41, 5.74) is 3.27. The van der Waals surface area contributed by atoms with Gasteiger partial charge in [-0.05, 0) is 54.9 Å². The van der Waals surface area contributed by atoms with Gasteiger partial charge in [0.2, 0.25) is 0 Å². The molecule has 0 spiro atoms. The lowest BCUT2D eigenvalue weighted by atomic mass is 9.93. The summed E-state index contributed by atoms with van der Waals surface area (Å²) in [5.74, 6) is 1.67. The summed E-state index contributed by atoms with van der Waals surface area (Å²) in [5, 5.41) is 12.6. The molecule has 3 unspecified atom stereocenters. The van der Waals surface area contributed by atoms with Gasteiger partial charge in [0, 0.05) is 12.6 Å². The predicted molar refractivity (Wildman–Crippen MR) is 78.7 cm³/mol. The zero-order valence-electron chi connectivity index (χ0n) is 12.2. The smallest absolute Gasteiger partial charge is 0.0991 e. The molecule has 0 amide bonds. The minimum atomic E-state index is 0.653. The van der Waals surface area contributed by atoms with Gasteiger partial charge in [0.05, 0.1) is 11.6 Å². The summed E-state index contributed by atoms with van der Waals surface area (Å²) >= 11 is 0. The standard InChI is InChI=1S/C17H24N2/c1-4-15-7-8-17(13(15)3)19-11-16-6-5-14(10-18)9-12(16)2/h5-6,9,13,15,17,19H,4,7-8,11H2,1-3H3. The van der Waals surface area contributed by atoms with E-state index in [2.05, 4.69) is 38.2 Å². The maximum absolute atomic E-state index is 8.88. The molecule has 0 saturated heterocycles. The van der Waals surface area contributed by atoms with Crippen molar-refractivity contribution in [1.29, 1.82) is 5.26 Å². The zero-order chi connectivity index (χ0) is 13.8. The highest BCUT2D eigenvalue weighted by molar-refractivity contribution is 5.37. The van der Waals surface area contributed by atoms with E-state index >= 15 is 0 Å². The van der Waals surface area contributed by atoms with Crippen LogP contribution in [0.15, 0.2) is 18.2 Å². The Balaban J connectivity index is 1.95. The van der Waals surface area contributed by atoms with Crippen LogP contribution in [0.5, 0.6) is 0 Å². The summed E-state index contributed by atoms with van der Waals surface area (Å²) in [7, 11) is 0. The van der Waals surface area contributed by atoms with Crippen LogP contribution in [-0.4, -0.2) is 6.04 Å². The maximum Gasteiger partial charge on any atom is 0.0991 e. The summed E-state index contributed by atoms with van der Waals surface area (Å²) in [6.45, 7) is 7.69. The van der Waals surface area contributed by atoms with Gasteiger partial charge in [0.25, 0.3) is 0 Å². The van der Waals surface area contributed by atoms with E-state index in [0.717, 1.165) is 23.9 Å². The van der Waals surface area contributed by atoms with Crippen LogP contribution in [0.4, 0.5) is 0 Å². The number of benzene rings is 1.